The zero-order valence-electron chi connectivity index (χ0n) is 10.8. The Morgan fingerprint density at radius 2 is 1.68 bits per heavy atom. The van der Waals surface area contributed by atoms with Crippen LogP contribution in [0.3, 0.4) is 0 Å². The van der Waals surface area contributed by atoms with Crippen molar-refractivity contribution < 1.29 is 0 Å². The maximum atomic E-state index is 6.44. The van der Waals surface area contributed by atoms with E-state index in [9.17, 15) is 0 Å². The third-order valence-electron chi connectivity index (χ3n) is 3.33. The van der Waals surface area contributed by atoms with E-state index in [1.807, 2.05) is 0 Å². The van der Waals surface area contributed by atoms with Crippen LogP contribution in [0.25, 0.3) is 22.6 Å². The molecule has 4 heterocycles. The van der Waals surface area contributed by atoms with Crippen LogP contribution in [-0.2, 0) is 0 Å². The van der Waals surface area contributed by atoms with Crippen LogP contribution in [0.2, 0.25) is 20.4 Å². The van der Waals surface area contributed by atoms with Crippen molar-refractivity contribution in [3.63, 3.8) is 0 Å². The lowest BCUT2D eigenvalue weighted by Gasteiger charge is -2.05. The van der Waals surface area contributed by atoms with Crippen LogP contribution in [0.4, 0.5) is 0 Å². The van der Waals surface area contributed by atoms with E-state index in [2.05, 4.69) is 9.97 Å². The van der Waals surface area contributed by atoms with Crippen molar-refractivity contribution in [2.75, 3.05) is 0 Å². The molecule has 8 heteroatoms. The van der Waals surface area contributed by atoms with Crippen LogP contribution in [-0.4, -0.2) is 18.8 Å². The topological polar surface area (TPSA) is 34.6 Å². The van der Waals surface area contributed by atoms with Crippen LogP contribution >= 0.6 is 46.4 Å². The summed E-state index contributed by atoms with van der Waals surface area (Å²) in [6, 6.07) is 5.12. The molecule has 0 radical (unpaired) electrons. The SMILES string of the molecule is Clc1cc(Cl)n2cc(-c3cc(Cl)n4ccnc4c3Cl)nc2c1. The summed E-state index contributed by atoms with van der Waals surface area (Å²) in [5.41, 5.74) is 2.52. The second-order valence-electron chi connectivity index (χ2n) is 4.67. The van der Waals surface area contributed by atoms with E-state index < -0.39 is 0 Å². The highest BCUT2D eigenvalue weighted by Gasteiger charge is 2.15. The third-order valence-corrected chi connectivity index (χ3v) is 4.50. The van der Waals surface area contributed by atoms with Gasteiger partial charge in [0.15, 0.2) is 5.65 Å². The molecule has 0 N–H and O–H groups in total. The lowest BCUT2D eigenvalue weighted by atomic mass is 10.2. The van der Waals surface area contributed by atoms with Gasteiger partial charge in [0.1, 0.15) is 16.0 Å². The number of hydrogen-bond donors (Lipinski definition) is 0. The predicted octanol–water partition coefficient (Wildman–Crippen LogP) is 5.26. The van der Waals surface area contributed by atoms with Crippen LogP contribution in [0.15, 0.2) is 36.8 Å². The van der Waals surface area contributed by atoms with E-state index in [-0.39, 0.29) is 0 Å². The summed E-state index contributed by atoms with van der Waals surface area (Å²) in [6.07, 6.45) is 5.16. The molecule has 0 saturated heterocycles. The molecule has 4 aromatic heterocycles. The standard InChI is InChI=1S/C14H6Cl4N4/c15-7-3-10(16)22-6-9(20-12(22)4-7)8-5-11(17)21-2-1-19-14(21)13(8)18/h1-6H. The summed E-state index contributed by atoms with van der Waals surface area (Å²) in [5, 5.41) is 1.95. The van der Waals surface area contributed by atoms with Crippen molar-refractivity contribution in [1.82, 2.24) is 18.8 Å². The Balaban J connectivity index is 2.03. The number of halogens is 4. The Morgan fingerprint density at radius 3 is 2.50 bits per heavy atom. The monoisotopic (exact) mass is 370 g/mol. The first kappa shape index (κ1) is 14.2. The summed E-state index contributed by atoms with van der Waals surface area (Å²) in [7, 11) is 0. The maximum absolute atomic E-state index is 6.44. The zero-order chi connectivity index (χ0) is 15.4. The lowest BCUT2D eigenvalue weighted by Crippen LogP contribution is -1.90. The molecular formula is C14H6Cl4N4. The summed E-state index contributed by atoms with van der Waals surface area (Å²) in [5.74, 6) is 0. The lowest BCUT2D eigenvalue weighted by molar-refractivity contribution is 1.18. The molecule has 0 aliphatic heterocycles. The molecule has 0 bridgehead atoms. The number of imidazole rings is 2. The Kier molecular flexibility index (Phi) is 3.24. The van der Waals surface area contributed by atoms with Gasteiger partial charge in [-0.15, -0.1) is 0 Å². The van der Waals surface area contributed by atoms with Crippen molar-refractivity contribution >= 4 is 57.7 Å². The highest BCUT2D eigenvalue weighted by Crippen LogP contribution is 2.34. The average molecular weight is 372 g/mol. The van der Waals surface area contributed by atoms with Gasteiger partial charge in [-0.25, -0.2) is 9.97 Å². The number of fused-ring (bicyclic) bond motifs is 2. The van der Waals surface area contributed by atoms with Crippen LogP contribution in [0, 0.1) is 0 Å². The van der Waals surface area contributed by atoms with Crippen LogP contribution < -0.4 is 0 Å². The van der Waals surface area contributed by atoms with Gasteiger partial charge in [-0.3, -0.25) is 8.80 Å². The first-order chi connectivity index (χ1) is 10.5. The molecular weight excluding hydrogens is 366 g/mol. The van der Waals surface area contributed by atoms with Gasteiger partial charge in [0.05, 0.1) is 10.7 Å². The highest BCUT2D eigenvalue weighted by molar-refractivity contribution is 6.37. The Bertz CT molecular complexity index is 1030. The molecule has 0 aliphatic carbocycles. The normalized spacial score (nSPS) is 11.6. The molecule has 22 heavy (non-hydrogen) atoms. The maximum Gasteiger partial charge on any atom is 0.157 e. The molecule has 0 spiro atoms. The van der Waals surface area contributed by atoms with E-state index in [1.165, 1.54) is 0 Å². The second-order valence-corrected chi connectivity index (χ2v) is 6.26. The molecule has 4 nitrogen and oxygen atoms in total. The quantitative estimate of drug-likeness (QED) is 0.427. The van der Waals surface area contributed by atoms with Crippen molar-refractivity contribution in [3.05, 3.63) is 57.1 Å². The average Bonchev–Trinajstić information content (AvgIpc) is 3.09. The van der Waals surface area contributed by atoms with E-state index in [1.54, 1.807) is 45.6 Å². The van der Waals surface area contributed by atoms with Gasteiger partial charge in [0.2, 0.25) is 0 Å². The summed E-state index contributed by atoms with van der Waals surface area (Å²) >= 11 is 24.9. The van der Waals surface area contributed by atoms with Crippen molar-refractivity contribution in [3.8, 4) is 11.3 Å². The summed E-state index contributed by atoms with van der Waals surface area (Å²) in [4.78, 5) is 8.73. The van der Waals surface area contributed by atoms with E-state index in [0.717, 1.165) is 0 Å². The minimum atomic E-state index is 0.463. The van der Waals surface area contributed by atoms with Crippen molar-refractivity contribution in [2.45, 2.75) is 0 Å². The fraction of sp³-hybridized carbons (Fsp3) is 0. The van der Waals surface area contributed by atoms with Gasteiger partial charge < -0.3 is 0 Å². The Labute approximate surface area is 144 Å². The smallest absolute Gasteiger partial charge is 0.157 e. The molecule has 0 unspecified atom stereocenters. The van der Waals surface area contributed by atoms with Crippen LogP contribution in [0.5, 0.6) is 0 Å². The minimum Gasteiger partial charge on any atom is -0.290 e. The van der Waals surface area contributed by atoms with Gasteiger partial charge >= 0.3 is 0 Å². The second kappa shape index (κ2) is 5.03. The van der Waals surface area contributed by atoms with E-state index >= 15 is 0 Å². The van der Waals surface area contributed by atoms with Gasteiger partial charge in [0.25, 0.3) is 0 Å². The van der Waals surface area contributed by atoms with Gasteiger partial charge in [-0.05, 0) is 12.1 Å². The molecule has 0 saturated carbocycles. The molecule has 0 atom stereocenters. The van der Waals surface area contributed by atoms with E-state index in [4.69, 9.17) is 46.4 Å². The first-order valence-electron chi connectivity index (χ1n) is 6.20. The van der Waals surface area contributed by atoms with Crippen molar-refractivity contribution in [2.24, 2.45) is 0 Å². The number of pyridine rings is 2. The van der Waals surface area contributed by atoms with Gasteiger partial charge in [0, 0.05) is 35.2 Å². The fourth-order valence-electron chi connectivity index (χ4n) is 2.34. The number of aromatic nitrogens is 4. The molecule has 0 aliphatic rings. The fourth-order valence-corrected chi connectivity index (χ4v) is 3.39. The van der Waals surface area contributed by atoms with Gasteiger partial charge in [-0.1, -0.05) is 46.4 Å². The number of nitrogens with zero attached hydrogens (tertiary/aromatic N) is 4. The first-order valence-corrected chi connectivity index (χ1v) is 7.71. The summed E-state index contributed by atoms with van der Waals surface area (Å²) in [6.45, 7) is 0. The number of rotatable bonds is 1. The molecule has 0 aromatic carbocycles. The predicted molar refractivity (Wildman–Crippen MR) is 89.4 cm³/mol. The summed E-state index contributed by atoms with van der Waals surface area (Å²) < 4.78 is 3.43. The Hall–Kier alpha value is -1.46. The van der Waals surface area contributed by atoms with Crippen molar-refractivity contribution in [1.29, 1.82) is 0 Å². The minimum absolute atomic E-state index is 0.463. The molecule has 110 valence electrons. The molecule has 0 fully saturated rings. The molecule has 4 rings (SSSR count). The number of hydrogen-bond acceptors (Lipinski definition) is 2. The molecule has 0 amide bonds. The Morgan fingerprint density at radius 1 is 0.909 bits per heavy atom. The van der Waals surface area contributed by atoms with E-state index in [0.29, 0.717) is 42.9 Å². The van der Waals surface area contributed by atoms with Gasteiger partial charge in [-0.2, -0.15) is 0 Å². The highest BCUT2D eigenvalue weighted by atomic mass is 35.5. The van der Waals surface area contributed by atoms with Crippen LogP contribution in [0.1, 0.15) is 0 Å². The largest absolute Gasteiger partial charge is 0.290 e. The zero-order valence-corrected chi connectivity index (χ0v) is 13.8. The third kappa shape index (κ3) is 2.07. The molecule has 4 aromatic rings.